The Balaban J connectivity index is 1.58. The number of ether oxygens (including phenoxy) is 1. The number of halogens is 1. The number of phenolic OH excluding ortho intramolecular Hbond substituents is 1. The van der Waals surface area contributed by atoms with Crippen LogP contribution in [-0.2, 0) is 4.74 Å². The van der Waals surface area contributed by atoms with E-state index in [9.17, 15) is 9.90 Å². The van der Waals surface area contributed by atoms with Crippen LogP contribution in [0.4, 0.5) is 5.69 Å². The van der Waals surface area contributed by atoms with Crippen molar-refractivity contribution in [2.24, 2.45) is 0 Å². The molecule has 1 fully saturated rings. The maximum atomic E-state index is 13.2. The van der Waals surface area contributed by atoms with Gasteiger partial charge >= 0.3 is 0 Å². The lowest BCUT2D eigenvalue weighted by molar-refractivity contribution is 0.0348. The van der Waals surface area contributed by atoms with Gasteiger partial charge in [0, 0.05) is 42.5 Å². The summed E-state index contributed by atoms with van der Waals surface area (Å²) in [5.74, 6) is 0.0768. The van der Waals surface area contributed by atoms with E-state index < -0.39 is 6.17 Å². The summed E-state index contributed by atoms with van der Waals surface area (Å²) in [6, 6.07) is 12.4. The van der Waals surface area contributed by atoms with Crippen molar-refractivity contribution in [3.63, 3.8) is 0 Å². The summed E-state index contributed by atoms with van der Waals surface area (Å²) in [4.78, 5) is 17.4. The summed E-state index contributed by atoms with van der Waals surface area (Å²) < 4.78 is 5.39. The fourth-order valence-corrected chi connectivity index (χ4v) is 3.98. The van der Waals surface area contributed by atoms with E-state index in [1.807, 2.05) is 24.3 Å². The molecule has 4 rings (SSSR count). The number of anilines is 1. The molecular formula is C21H24ClN3O3. The number of phenols is 1. The van der Waals surface area contributed by atoms with Crippen molar-refractivity contribution in [1.82, 2.24) is 9.80 Å². The van der Waals surface area contributed by atoms with Gasteiger partial charge in [-0.3, -0.25) is 9.69 Å². The Bertz CT molecular complexity index is 855. The number of nitrogens with zero attached hydrogens (tertiary/aromatic N) is 2. The Labute approximate surface area is 169 Å². The molecule has 1 amide bonds. The summed E-state index contributed by atoms with van der Waals surface area (Å²) in [6.07, 6.45) is 0.374. The van der Waals surface area contributed by atoms with Gasteiger partial charge in [-0.25, -0.2) is 0 Å². The minimum absolute atomic E-state index is 0.0410. The number of hydrogen-bond donors (Lipinski definition) is 2. The van der Waals surface area contributed by atoms with Gasteiger partial charge in [0.2, 0.25) is 0 Å². The van der Waals surface area contributed by atoms with Gasteiger partial charge in [-0.15, -0.1) is 0 Å². The molecule has 0 spiro atoms. The lowest BCUT2D eigenvalue weighted by atomic mass is 10.0. The van der Waals surface area contributed by atoms with Gasteiger partial charge in [0.1, 0.15) is 11.9 Å². The number of para-hydroxylation sites is 1. The first kappa shape index (κ1) is 19.1. The molecule has 0 radical (unpaired) electrons. The zero-order valence-electron chi connectivity index (χ0n) is 15.6. The molecule has 28 heavy (non-hydrogen) atoms. The Morgan fingerprint density at radius 2 is 1.93 bits per heavy atom. The molecule has 1 saturated heterocycles. The van der Waals surface area contributed by atoms with Crippen molar-refractivity contribution >= 4 is 23.2 Å². The minimum Gasteiger partial charge on any atom is -0.508 e. The molecule has 7 heteroatoms. The largest absolute Gasteiger partial charge is 0.508 e. The summed E-state index contributed by atoms with van der Waals surface area (Å²) >= 11 is 6.17. The van der Waals surface area contributed by atoms with Gasteiger partial charge in [-0.2, -0.15) is 0 Å². The third-order valence-corrected chi connectivity index (χ3v) is 5.52. The number of amides is 1. The topological polar surface area (TPSA) is 65.0 Å². The number of aromatic hydroxyl groups is 1. The number of carbonyl (C=O) groups excluding carboxylic acids is 1. The first-order valence-corrected chi connectivity index (χ1v) is 9.96. The van der Waals surface area contributed by atoms with Gasteiger partial charge in [-0.1, -0.05) is 23.7 Å². The Morgan fingerprint density at radius 1 is 1.14 bits per heavy atom. The van der Waals surface area contributed by atoms with Crippen LogP contribution in [-0.4, -0.2) is 60.2 Å². The van der Waals surface area contributed by atoms with Crippen molar-refractivity contribution in [2.75, 3.05) is 44.7 Å². The first-order chi connectivity index (χ1) is 13.6. The average Bonchev–Trinajstić information content (AvgIpc) is 2.72. The van der Waals surface area contributed by atoms with E-state index in [2.05, 4.69) is 10.2 Å². The highest BCUT2D eigenvalue weighted by Crippen LogP contribution is 2.37. The minimum atomic E-state index is -0.467. The molecule has 2 aliphatic heterocycles. The van der Waals surface area contributed by atoms with E-state index in [-0.39, 0.29) is 11.7 Å². The third kappa shape index (κ3) is 3.94. The SMILES string of the molecule is O=C1c2ccccc2NC(c2cc(Cl)ccc2O)N1CCCN1CCOCC1. The summed E-state index contributed by atoms with van der Waals surface area (Å²) in [6.45, 7) is 4.85. The molecule has 2 N–H and O–H groups in total. The van der Waals surface area contributed by atoms with Crippen LogP contribution in [0.25, 0.3) is 0 Å². The van der Waals surface area contributed by atoms with Crippen LogP contribution in [0.2, 0.25) is 5.02 Å². The summed E-state index contributed by atoms with van der Waals surface area (Å²) in [5, 5.41) is 14.3. The van der Waals surface area contributed by atoms with Crippen LogP contribution in [0, 0.1) is 0 Å². The quantitative estimate of drug-likeness (QED) is 0.804. The molecule has 0 bridgehead atoms. The van der Waals surface area contributed by atoms with Crippen molar-refractivity contribution in [3.8, 4) is 5.75 Å². The van der Waals surface area contributed by atoms with Crippen molar-refractivity contribution in [1.29, 1.82) is 0 Å². The average molecular weight is 402 g/mol. The van der Waals surface area contributed by atoms with Crippen LogP contribution in [0.15, 0.2) is 42.5 Å². The molecule has 1 unspecified atom stereocenters. The summed E-state index contributed by atoms with van der Waals surface area (Å²) in [5.41, 5.74) is 2.01. The predicted molar refractivity (Wildman–Crippen MR) is 109 cm³/mol. The summed E-state index contributed by atoms with van der Waals surface area (Å²) in [7, 11) is 0. The fourth-order valence-electron chi connectivity index (χ4n) is 3.80. The Hall–Kier alpha value is -2.28. The molecule has 1 atom stereocenters. The van der Waals surface area contributed by atoms with Crippen LogP contribution in [0.5, 0.6) is 5.75 Å². The third-order valence-electron chi connectivity index (χ3n) is 5.28. The number of nitrogens with one attached hydrogen (secondary N) is 1. The fraction of sp³-hybridized carbons (Fsp3) is 0.381. The van der Waals surface area contributed by atoms with Crippen LogP contribution >= 0.6 is 11.6 Å². The molecule has 0 saturated carbocycles. The monoisotopic (exact) mass is 401 g/mol. The van der Waals surface area contributed by atoms with Gasteiger partial charge in [0.25, 0.3) is 5.91 Å². The first-order valence-electron chi connectivity index (χ1n) is 9.58. The predicted octanol–water partition coefficient (Wildman–Crippen LogP) is 3.33. The van der Waals surface area contributed by atoms with Crippen LogP contribution < -0.4 is 5.32 Å². The highest BCUT2D eigenvalue weighted by atomic mass is 35.5. The molecule has 148 valence electrons. The normalized spacial score (nSPS) is 20.0. The molecule has 2 aliphatic rings. The van der Waals surface area contributed by atoms with E-state index >= 15 is 0 Å². The molecule has 0 aliphatic carbocycles. The van der Waals surface area contributed by atoms with Gasteiger partial charge in [0.15, 0.2) is 0 Å². The Morgan fingerprint density at radius 3 is 2.75 bits per heavy atom. The number of fused-ring (bicyclic) bond motifs is 1. The zero-order chi connectivity index (χ0) is 19.5. The second kappa shape index (κ2) is 8.39. The maximum absolute atomic E-state index is 13.2. The van der Waals surface area contributed by atoms with E-state index in [4.69, 9.17) is 16.3 Å². The van der Waals surface area contributed by atoms with Crippen molar-refractivity contribution in [2.45, 2.75) is 12.6 Å². The van der Waals surface area contributed by atoms with Gasteiger partial charge < -0.3 is 20.1 Å². The number of benzene rings is 2. The lowest BCUT2D eigenvalue weighted by Gasteiger charge is -2.39. The van der Waals surface area contributed by atoms with Gasteiger partial charge in [-0.05, 0) is 36.8 Å². The second-order valence-corrected chi connectivity index (χ2v) is 7.54. The smallest absolute Gasteiger partial charge is 0.257 e. The van der Waals surface area contributed by atoms with E-state index in [1.54, 1.807) is 23.1 Å². The number of carbonyl (C=O) groups is 1. The van der Waals surface area contributed by atoms with Crippen molar-refractivity contribution < 1.29 is 14.6 Å². The molecule has 2 heterocycles. The molecule has 6 nitrogen and oxygen atoms in total. The molecular weight excluding hydrogens is 378 g/mol. The molecule has 2 aromatic rings. The number of rotatable bonds is 5. The number of hydrogen-bond acceptors (Lipinski definition) is 5. The number of morpholine rings is 1. The maximum Gasteiger partial charge on any atom is 0.257 e. The van der Waals surface area contributed by atoms with Crippen LogP contribution in [0.3, 0.4) is 0 Å². The highest BCUT2D eigenvalue weighted by Gasteiger charge is 2.34. The Kier molecular flexibility index (Phi) is 5.71. The van der Waals surface area contributed by atoms with E-state index in [0.717, 1.165) is 45.0 Å². The second-order valence-electron chi connectivity index (χ2n) is 7.10. The lowest BCUT2D eigenvalue weighted by Crippen LogP contribution is -2.44. The standard InChI is InChI=1S/C21H24ClN3O3/c22-15-6-7-19(26)17(14-15)20-23-18-5-2-1-4-16(18)21(27)25(20)9-3-8-24-10-12-28-13-11-24/h1-2,4-7,14,20,23,26H,3,8-13H2. The van der Waals surface area contributed by atoms with Gasteiger partial charge in [0.05, 0.1) is 18.8 Å². The van der Waals surface area contributed by atoms with E-state index in [1.165, 1.54) is 0 Å². The molecule has 0 aromatic heterocycles. The van der Waals surface area contributed by atoms with Crippen molar-refractivity contribution in [3.05, 3.63) is 58.6 Å². The molecule has 2 aromatic carbocycles. The van der Waals surface area contributed by atoms with E-state index in [0.29, 0.717) is 22.7 Å². The highest BCUT2D eigenvalue weighted by molar-refractivity contribution is 6.30. The zero-order valence-corrected chi connectivity index (χ0v) is 16.4. The van der Waals surface area contributed by atoms with Crippen LogP contribution in [0.1, 0.15) is 28.5 Å².